The zero-order valence-corrected chi connectivity index (χ0v) is 12.9. The second-order valence-electron chi connectivity index (χ2n) is 4.56. The van der Waals surface area contributed by atoms with Crippen LogP contribution in [0.3, 0.4) is 0 Å². The van der Waals surface area contributed by atoms with Crippen LogP contribution in [0.4, 0.5) is 0 Å². The van der Waals surface area contributed by atoms with E-state index in [-0.39, 0.29) is 0 Å². The van der Waals surface area contributed by atoms with Gasteiger partial charge in [-0.15, -0.1) is 0 Å². The summed E-state index contributed by atoms with van der Waals surface area (Å²) in [7, 11) is -3.16. The lowest BCUT2D eigenvalue weighted by molar-refractivity contribution is 0.196. The first kappa shape index (κ1) is 15.1. The lowest BCUT2D eigenvalue weighted by Gasteiger charge is -2.11. The summed E-state index contributed by atoms with van der Waals surface area (Å²) in [6.45, 7) is 1.73. The lowest BCUT2D eigenvalue weighted by Crippen LogP contribution is -1.96. The van der Waals surface area contributed by atoms with Crippen LogP contribution in [-0.4, -0.2) is 19.8 Å². The number of rotatable bonds is 4. The van der Waals surface area contributed by atoms with Crippen molar-refractivity contribution in [2.45, 2.75) is 27.7 Å². The molecule has 0 amide bonds. The molecule has 0 aliphatic rings. The van der Waals surface area contributed by atoms with Crippen molar-refractivity contribution in [3.05, 3.63) is 54.1 Å². The van der Waals surface area contributed by atoms with E-state index in [1.165, 1.54) is 18.0 Å². The van der Waals surface area contributed by atoms with Crippen LogP contribution in [0.2, 0.25) is 0 Å². The zero-order valence-electron chi connectivity index (χ0n) is 11.3. The maximum Gasteiger partial charge on any atom is 0.175 e. The minimum Gasteiger partial charge on any atom is -0.389 e. The Morgan fingerprint density at radius 2 is 1.65 bits per heavy atom. The van der Waals surface area contributed by atoms with E-state index in [9.17, 15) is 13.5 Å². The molecule has 0 heterocycles. The molecule has 3 nitrogen and oxygen atoms in total. The molecule has 0 spiro atoms. The number of sulfone groups is 1. The molecule has 0 bridgehead atoms. The van der Waals surface area contributed by atoms with Gasteiger partial charge >= 0.3 is 0 Å². The third kappa shape index (κ3) is 3.62. The Kier molecular flexibility index (Phi) is 4.52. The Morgan fingerprint density at radius 3 is 2.20 bits per heavy atom. The van der Waals surface area contributed by atoms with Gasteiger partial charge in [-0.1, -0.05) is 30.0 Å². The van der Waals surface area contributed by atoms with Crippen LogP contribution >= 0.6 is 11.8 Å². The number of benzene rings is 2. The van der Waals surface area contributed by atoms with Gasteiger partial charge in [-0.25, -0.2) is 8.42 Å². The summed E-state index contributed by atoms with van der Waals surface area (Å²) < 4.78 is 22.8. The van der Waals surface area contributed by atoms with Crippen LogP contribution in [0.15, 0.2) is 63.2 Å². The Balaban J connectivity index is 2.27. The van der Waals surface area contributed by atoms with Gasteiger partial charge in [-0.3, -0.25) is 0 Å². The van der Waals surface area contributed by atoms with E-state index >= 15 is 0 Å². The van der Waals surface area contributed by atoms with Gasteiger partial charge in [0.05, 0.1) is 11.0 Å². The highest BCUT2D eigenvalue weighted by molar-refractivity contribution is 7.99. The maximum atomic E-state index is 11.4. The predicted octanol–water partition coefficient (Wildman–Crippen LogP) is 3.29. The monoisotopic (exact) mass is 308 g/mol. The van der Waals surface area contributed by atoms with Gasteiger partial charge in [0.15, 0.2) is 9.84 Å². The number of hydrogen-bond donors (Lipinski definition) is 1. The van der Waals surface area contributed by atoms with E-state index < -0.39 is 15.9 Å². The molecule has 0 saturated carbocycles. The number of hydrogen-bond acceptors (Lipinski definition) is 4. The van der Waals surface area contributed by atoms with Gasteiger partial charge in [-0.2, -0.15) is 0 Å². The normalized spacial score (nSPS) is 13.2. The average Bonchev–Trinajstić information content (AvgIpc) is 2.38. The number of aliphatic hydroxyl groups is 1. The van der Waals surface area contributed by atoms with Gasteiger partial charge in [0.2, 0.25) is 0 Å². The van der Waals surface area contributed by atoms with Crippen molar-refractivity contribution in [2.75, 3.05) is 6.26 Å². The highest BCUT2D eigenvalue weighted by Gasteiger charge is 2.10. The predicted molar refractivity (Wildman–Crippen MR) is 80.8 cm³/mol. The molecule has 0 radical (unpaired) electrons. The summed E-state index contributed by atoms with van der Waals surface area (Å²) in [6.07, 6.45) is 0.659. The van der Waals surface area contributed by atoms with Crippen molar-refractivity contribution in [3.63, 3.8) is 0 Å². The lowest BCUT2D eigenvalue weighted by atomic mass is 10.1. The quantitative estimate of drug-likeness (QED) is 0.941. The van der Waals surface area contributed by atoms with Crippen molar-refractivity contribution in [1.82, 2.24) is 0 Å². The molecular weight excluding hydrogens is 292 g/mol. The van der Waals surface area contributed by atoms with Crippen molar-refractivity contribution in [3.8, 4) is 0 Å². The molecule has 2 aromatic rings. The minimum atomic E-state index is -3.16. The van der Waals surface area contributed by atoms with Crippen molar-refractivity contribution < 1.29 is 13.5 Å². The molecule has 1 unspecified atom stereocenters. The van der Waals surface area contributed by atoms with Crippen LogP contribution in [0.5, 0.6) is 0 Å². The summed E-state index contributed by atoms with van der Waals surface area (Å²) in [5.41, 5.74) is 0.865. The van der Waals surface area contributed by atoms with Gasteiger partial charge in [-0.05, 0) is 42.8 Å². The van der Waals surface area contributed by atoms with Gasteiger partial charge in [0.25, 0.3) is 0 Å². The van der Waals surface area contributed by atoms with Crippen LogP contribution in [0.25, 0.3) is 0 Å². The second kappa shape index (κ2) is 5.99. The third-order valence-corrected chi connectivity index (χ3v) is 5.08. The number of aliphatic hydroxyl groups excluding tert-OH is 1. The molecule has 2 aromatic carbocycles. The molecule has 106 valence electrons. The summed E-state index contributed by atoms with van der Waals surface area (Å²) in [4.78, 5) is 2.21. The average molecular weight is 308 g/mol. The summed E-state index contributed by atoms with van der Waals surface area (Å²) >= 11 is 1.51. The van der Waals surface area contributed by atoms with Crippen molar-refractivity contribution >= 4 is 21.6 Å². The van der Waals surface area contributed by atoms with E-state index in [0.29, 0.717) is 4.90 Å². The molecule has 1 N–H and O–H groups in total. The highest BCUT2D eigenvalue weighted by Crippen LogP contribution is 2.33. The molecule has 2 rings (SSSR count). The molecule has 5 heteroatoms. The molecular formula is C15H16O3S2. The molecule has 0 saturated heterocycles. The molecule has 0 aliphatic heterocycles. The largest absolute Gasteiger partial charge is 0.389 e. The van der Waals surface area contributed by atoms with Crippen molar-refractivity contribution in [2.24, 2.45) is 0 Å². The van der Waals surface area contributed by atoms with Crippen LogP contribution in [0.1, 0.15) is 18.6 Å². The first-order valence-corrected chi connectivity index (χ1v) is 8.83. The van der Waals surface area contributed by atoms with Gasteiger partial charge < -0.3 is 5.11 Å². The van der Waals surface area contributed by atoms with Crippen LogP contribution in [0, 0.1) is 0 Å². The van der Waals surface area contributed by atoms with Crippen molar-refractivity contribution in [1.29, 1.82) is 0 Å². The van der Waals surface area contributed by atoms with Gasteiger partial charge in [0, 0.05) is 16.0 Å². The van der Waals surface area contributed by atoms with E-state index in [4.69, 9.17) is 0 Å². The van der Waals surface area contributed by atoms with Crippen LogP contribution in [-0.2, 0) is 9.84 Å². The fraction of sp³-hybridized carbons (Fsp3) is 0.200. The Bertz CT molecular complexity index is 689. The maximum absolute atomic E-state index is 11.4. The molecule has 1 atom stereocenters. The molecule has 0 aliphatic carbocycles. The summed E-state index contributed by atoms with van der Waals surface area (Å²) in [5.74, 6) is 0. The van der Waals surface area contributed by atoms with Crippen LogP contribution < -0.4 is 0 Å². The van der Waals surface area contributed by atoms with E-state index in [0.717, 1.165) is 15.4 Å². The summed E-state index contributed by atoms with van der Waals surface area (Å²) in [5, 5.41) is 9.74. The third-order valence-electron chi connectivity index (χ3n) is 2.85. The molecule has 0 fully saturated rings. The van der Waals surface area contributed by atoms with E-state index in [2.05, 4.69) is 0 Å². The fourth-order valence-electron chi connectivity index (χ4n) is 1.80. The first-order chi connectivity index (χ1) is 9.38. The zero-order chi connectivity index (χ0) is 14.8. The fourth-order valence-corrected chi connectivity index (χ4v) is 3.46. The minimum absolute atomic E-state index is 0.311. The Hall–Kier alpha value is -1.30. The Labute approximate surface area is 123 Å². The summed E-state index contributed by atoms with van der Waals surface area (Å²) in [6, 6.07) is 14.4. The molecule has 20 heavy (non-hydrogen) atoms. The second-order valence-corrected chi connectivity index (χ2v) is 7.69. The SMILES string of the molecule is CC(O)c1ccccc1Sc1ccc(S(C)(=O)=O)cc1. The first-order valence-electron chi connectivity index (χ1n) is 6.13. The molecule has 0 aromatic heterocycles. The topological polar surface area (TPSA) is 54.4 Å². The van der Waals surface area contributed by atoms with Gasteiger partial charge in [0.1, 0.15) is 0 Å². The standard InChI is InChI=1S/C15H16O3S2/c1-11(16)14-5-3-4-6-15(14)19-12-7-9-13(10-8-12)20(2,17)18/h3-11,16H,1-2H3. The Morgan fingerprint density at radius 1 is 1.05 bits per heavy atom. The van der Waals surface area contributed by atoms with E-state index in [1.807, 2.05) is 24.3 Å². The highest BCUT2D eigenvalue weighted by atomic mass is 32.2. The smallest absolute Gasteiger partial charge is 0.175 e. The van der Waals surface area contributed by atoms with E-state index in [1.54, 1.807) is 31.2 Å².